The molecule has 2 heteroatoms. The van der Waals surface area contributed by atoms with Crippen molar-refractivity contribution in [3.8, 4) is 5.75 Å². The van der Waals surface area contributed by atoms with Crippen molar-refractivity contribution in [3.63, 3.8) is 0 Å². The maximum Gasteiger partial charge on any atom is 0.125 e. The highest BCUT2D eigenvalue weighted by atomic mass is 16.5. The van der Waals surface area contributed by atoms with Crippen LogP contribution in [0.1, 0.15) is 63.5 Å². The van der Waals surface area contributed by atoms with E-state index < -0.39 is 0 Å². The molecular formula is C19H31NO. The molecule has 1 aromatic rings. The Hall–Kier alpha value is -1.02. The van der Waals surface area contributed by atoms with E-state index in [2.05, 4.69) is 39.0 Å². The molecule has 0 aliphatic heterocycles. The molecule has 3 unspecified atom stereocenters. The molecule has 2 rings (SSSR count). The van der Waals surface area contributed by atoms with Crippen LogP contribution in [0.25, 0.3) is 0 Å². The fourth-order valence-corrected chi connectivity index (χ4v) is 3.36. The van der Waals surface area contributed by atoms with Crippen molar-refractivity contribution in [3.05, 3.63) is 29.3 Å². The van der Waals surface area contributed by atoms with Gasteiger partial charge in [0.05, 0.1) is 6.10 Å². The number of para-hydroxylation sites is 1. The topological polar surface area (TPSA) is 35.2 Å². The van der Waals surface area contributed by atoms with Crippen molar-refractivity contribution in [2.75, 3.05) is 0 Å². The van der Waals surface area contributed by atoms with Gasteiger partial charge >= 0.3 is 0 Å². The summed E-state index contributed by atoms with van der Waals surface area (Å²) in [6.07, 6.45) is 8.68. The Balaban J connectivity index is 2.10. The normalized spacial score (nSPS) is 23.8. The van der Waals surface area contributed by atoms with E-state index in [1.54, 1.807) is 0 Å². The zero-order valence-electron chi connectivity index (χ0n) is 13.9. The molecule has 0 amide bonds. The Morgan fingerprint density at radius 1 is 1.29 bits per heavy atom. The smallest absolute Gasteiger partial charge is 0.125 e. The lowest BCUT2D eigenvalue weighted by Gasteiger charge is -2.30. The molecule has 0 spiro atoms. The Bertz CT molecular complexity index is 443. The first-order valence-electron chi connectivity index (χ1n) is 8.64. The molecule has 1 fully saturated rings. The lowest BCUT2D eigenvalue weighted by molar-refractivity contribution is 0.120. The van der Waals surface area contributed by atoms with Crippen LogP contribution in [-0.4, -0.2) is 12.1 Å². The lowest BCUT2D eigenvalue weighted by atomic mass is 9.85. The Kier molecular flexibility index (Phi) is 6.10. The van der Waals surface area contributed by atoms with Crippen LogP contribution in [0.2, 0.25) is 0 Å². The lowest BCUT2D eigenvalue weighted by Crippen LogP contribution is -2.27. The van der Waals surface area contributed by atoms with Crippen LogP contribution in [0.3, 0.4) is 0 Å². The molecule has 1 aliphatic rings. The second-order valence-electron chi connectivity index (χ2n) is 6.62. The predicted octanol–water partition coefficient (Wildman–Crippen LogP) is 4.62. The van der Waals surface area contributed by atoms with Crippen molar-refractivity contribution in [2.24, 2.45) is 11.7 Å². The summed E-state index contributed by atoms with van der Waals surface area (Å²) >= 11 is 0. The first kappa shape index (κ1) is 16.4. The van der Waals surface area contributed by atoms with Crippen molar-refractivity contribution in [1.29, 1.82) is 0 Å². The van der Waals surface area contributed by atoms with Gasteiger partial charge in [-0.25, -0.2) is 0 Å². The highest BCUT2D eigenvalue weighted by molar-refractivity contribution is 5.41. The van der Waals surface area contributed by atoms with E-state index in [9.17, 15) is 0 Å². The zero-order valence-corrected chi connectivity index (χ0v) is 13.9. The van der Waals surface area contributed by atoms with Crippen LogP contribution in [0.15, 0.2) is 18.2 Å². The molecule has 3 atom stereocenters. The summed E-state index contributed by atoms with van der Waals surface area (Å²) in [5.41, 5.74) is 8.67. The third-order valence-corrected chi connectivity index (χ3v) is 4.90. The molecule has 0 saturated heterocycles. The predicted molar refractivity (Wildman–Crippen MR) is 89.8 cm³/mol. The third-order valence-electron chi connectivity index (χ3n) is 4.90. The first-order valence-corrected chi connectivity index (χ1v) is 8.64. The van der Waals surface area contributed by atoms with Gasteiger partial charge in [0.25, 0.3) is 0 Å². The molecule has 0 bridgehead atoms. The van der Waals surface area contributed by atoms with E-state index in [0.29, 0.717) is 6.10 Å². The summed E-state index contributed by atoms with van der Waals surface area (Å²) in [6, 6.07) is 6.67. The third kappa shape index (κ3) is 4.47. The number of ether oxygens (including phenoxy) is 1. The molecule has 1 saturated carbocycles. The van der Waals surface area contributed by atoms with Crippen LogP contribution in [-0.2, 0) is 6.42 Å². The summed E-state index contributed by atoms with van der Waals surface area (Å²) in [6.45, 7) is 6.59. The summed E-state index contributed by atoms with van der Waals surface area (Å²) in [5, 5.41) is 0. The van der Waals surface area contributed by atoms with Gasteiger partial charge in [0, 0.05) is 6.04 Å². The standard InChI is InChI=1S/C19H31NO/c1-4-15-9-7-11-18(12-15)21-19-14(3)8-6-10-16(19)13-17(20)5-2/h6,8,10,15,17-18H,4-5,7,9,11-13,20H2,1-3H3. The van der Waals surface area contributed by atoms with Gasteiger partial charge in [-0.2, -0.15) is 0 Å². The summed E-state index contributed by atoms with van der Waals surface area (Å²) < 4.78 is 6.44. The molecule has 21 heavy (non-hydrogen) atoms. The largest absolute Gasteiger partial charge is 0.490 e. The number of benzene rings is 1. The van der Waals surface area contributed by atoms with Gasteiger partial charge in [0.2, 0.25) is 0 Å². The molecule has 0 heterocycles. The van der Waals surface area contributed by atoms with Crippen molar-refractivity contribution < 1.29 is 4.74 Å². The molecule has 2 N–H and O–H groups in total. The number of hydrogen-bond acceptors (Lipinski definition) is 2. The van der Waals surface area contributed by atoms with Crippen LogP contribution in [0.5, 0.6) is 5.75 Å². The van der Waals surface area contributed by atoms with Crippen molar-refractivity contribution in [1.82, 2.24) is 0 Å². The summed E-state index contributed by atoms with van der Waals surface area (Å²) in [7, 11) is 0. The summed E-state index contributed by atoms with van der Waals surface area (Å²) in [5.74, 6) is 1.94. The average Bonchev–Trinajstić information content (AvgIpc) is 2.50. The highest BCUT2D eigenvalue weighted by Crippen LogP contribution is 2.32. The second-order valence-corrected chi connectivity index (χ2v) is 6.62. The maximum atomic E-state index is 6.44. The van der Waals surface area contributed by atoms with Crippen LogP contribution in [0, 0.1) is 12.8 Å². The number of hydrogen-bond donors (Lipinski definition) is 1. The molecule has 1 aromatic carbocycles. The summed E-state index contributed by atoms with van der Waals surface area (Å²) in [4.78, 5) is 0. The fraction of sp³-hybridized carbons (Fsp3) is 0.684. The Labute approximate surface area is 130 Å². The van der Waals surface area contributed by atoms with E-state index in [1.165, 1.54) is 43.2 Å². The Morgan fingerprint density at radius 3 is 2.81 bits per heavy atom. The van der Waals surface area contributed by atoms with E-state index in [1.807, 2.05) is 0 Å². The van der Waals surface area contributed by atoms with E-state index >= 15 is 0 Å². The fourth-order valence-electron chi connectivity index (χ4n) is 3.36. The minimum atomic E-state index is 0.226. The average molecular weight is 289 g/mol. The molecule has 0 radical (unpaired) electrons. The monoisotopic (exact) mass is 289 g/mol. The molecular weight excluding hydrogens is 258 g/mol. The number of nitrogens with two attached hydrogens (primary N) is 1. The SMILES string of the molecule is CCC(N)Cc1cccc(C)c1OC1CCCC(CC)C1. The van der Waals surface area contributed by atoms with Crippen molar-refractivity contribution >= 4 is 0 Å². The Morgan fingerprint density at radius 2 is 2.10 bits per heavy atom. The van der Waals surface area contributed by atoms with E-state index in [0.717, 1.165) is 24.5 Å². The van der Waals surface area contributed by atoms with Gasteiger partial charge < -0.3 is 10.5 Å². The maximum absolute atomic E-state index is 6.44. The van der Waals surface area contributed by atoms with Gasteiger partial charge in [0.1, 0.15) is 5.75 Å². The van der Waals surface area contributed by atoms with Gasteiger partial charge in [-0.3, -0.25) is 0 Å². The first-order chi connectivity index (χ1) is 10.1. The molecule has 0 aromatic heterocycles. The van der Waals surface area contributed by atoms with Crippen LogP contribution in [0.4, 0.5) is 0 Å². The van der Waals surface area contributed by atoms with Crippen LogP contribution >= 0.6 is 0 Å². The number of aryl methyl sites for hydroxylation is 1. The minimum absolute atomic E-state index is 0.226. The zero-order chi connectivity index (χ0) is 15.2. The molecule has 118 valence electrons. The van der Waals surface area contributed by atoms with E-state index in [4.69, 9.17) is 10.5 Å². The minimum Gasteiger partial charge on any atom is -0.490 e. The van der Waals surface area contributed by atoms with E-state index in [-0.39, 0.29) is 6.04 Å². The molecule has 2 nitrogen and oxygen atoms in total. The van der Waals surface area contributed by atoms with Gasteiger partial charge in [0.15, 0.2) is 0 Å². The number of rotatable bonds is 6. The van der Waals surface area contributed by atoms with Crippen LogP contribution < -0.4 is 10.5 Å². The van der Waals surface area contributed by atoms with Gasteiger partial charge in [-0.15, -0.1) is 0 Å². The quantitative estimate of drug-likeness (QED) is 0.829. The van der Waals surface area contributed by atoms with Crippen molar-refractivity contribution in [2.45, 2.75) is 77.9 Å². The molecule has 1 aliphatic carbocycles. The van der Waals surface area contributed by atoms with Gasteiger partial charge in [-0.1, -0.05) is 44.9 Å². The van der Waals surface area contributed by atoms with Gasteiger partial charge in [-0.05, 0) is 56.1 Å². The highest BCUT2D eigenvalue weighted by Gasteiger charge is 2.23. The second kappa shape index (κ2) is 7.84.